The Kier molecular flexibility index (Phi) is 54.3. The smallest absolute Gasteiger partial charge is 0.462 e. The number of phosphoric ester groups is 2. The third kappa shape index (κ3) is 57.2. The fourth-order valence-corrected chi connectivity index (χ4v) is 10.9. The number of hydrogen-bond donors (Lipinski definition) is 3. The first-order valence-corrected chi connectivity index (χ1v) is 36.0. The van der Waals surface area contributed by atoms with Crippen LogP contribution in [0.1, 0.15) is 311 Å². The minimum atomic E-state index is -4.94. The molecule has 0 fully saturated rings. The van der Waals surface area contributed by atoms with E-state index >= 15 is 0 Å². The van der Waals surface area contributed by atoms with Crippen LogP contribution in [0, 0.1) is 11.8 Å². The fourth-order valence-electron chi connectivity index (χ4n) is 9.35. The van der Waals surface area contributed by atoms with Crippen molar-refractivity contribution < 1.29 is 80.2 Å². The second-order valence-corrected chi connectivity index (χ2v) is 26.7. The van der Waals surface area contributed by atoms with E-state index in [1.165, 1.54) is 122 Å². The van der Waals surface area contributed by atoms with Gasteiger partial charge in [0.15, 0.2) is 12.2 Å². The maximum Gasteiger partial charge on any atom is 0.472 e. The first-order chi connectivity index (χ1) is 39.4. The fraction of sp³-hybridized carbons (Fsp3) is 0.937. The minimum Gasteiger partial charge on any atom is -0.462 e. The van der Waals surface area contributed by atoms with Crippen molar-refractivity contribution in [3.63, 3.8) is 0 Å². The van der Waals surface area contributed by atoms with Crippen molar-refractivity contribution >= 4 is 39.5 Å². The van der Waals surface area contributed by atoms with E-state index in [1.54, 1.807) is 0 Å². The zero-order valence-electron chi connectivity index (χ0n) is 52.8. The molecule has 2 unspecified atom stereocenters. The summed E-state index contributed by atoms with van der Waals surface area (Å²) in [5.74, 6) is -0.791. The quantitative estimate of drug-likeness (QED) is 0.0222. The SMILES string of the molecule is CCCCCCCCCCCCCCCC(=O)O[C@H](COC(=O)CCCCCCCCCCCCC)COP(=O)(O)OC[C@@H](O)COP(=O)(O)OC[C@@H](COC(=O)CCCCCCCCC(C)C)OC(=O)CCCCCCCCC(C)C. The van der Waals surface area contributed by atoms with Crippen molar-refractivity contribution in [3.8, 4) is 0 Å². The van der Waals surface area contributed by atoms with E-state index in [0.717, 1.165) is 96.3 Å². The highest BCUT2D eigenvalue weighted by molar-refractivity contribution is 7.47. The lowest BCUT2D eigenvalue weighted by Crippen LogP contribution is -2.30. The Bertz CT molecular complexity index is 1620. The van der Waals surface area contributed by atoms with Gasteiger partial charge in [0.25, 0.3) is 0 Å². The number of phosphoric acid groups is 2. The van der Waals surface area contributed by atoms with Crippen molar-refractivity contribution in [1.82, 2.24) is 0 Å². The van der Waals surface area contributed by atoms with Crippen molar-refractivity contribution in [1.29, 1.82) is 0 Å². The molecule has 0 spiro atoms. The number of ether oxygens (including phenoxy) is 4. The molecule has 3 N–H and O–H groups in total. The molecule has 0 saturated carbocycles. The highest BCUT2D eigenvalue weighted by atomic mass is 31.2. The van der Waals surface area contributed by atoms with Gasteiger partial charge in [-0.05, 0) is 37.5 Å². The minimum absolute atomic E-state index is 0.101. The number of carbonyl (C=O) groups is 4. The van der Waals surface area contributed by atoms with E-state index in [1.807, 2.05) is 0 Å². The van der Waals surface area contributed by atoms with Gasteiger partial charge in [-0.3, -0.25) is 37.3 Å². The number of carbonyl (C=O) groups excluding carboxylic acids is 4. The summed E-state index contributed by atoms with van der Waals surface area (Å²) >= 11 is 0. The molecule has 17 nitrogen and oxygen atoms in total. The average Bonchev–Trinajstić information content (AvgIpc) is 3.45. The van der Waals surface area contributed by atoms with E-state index in [2.05, 4.69) is 41.5 Å². The Hall–Kier alpha value is -1.94. The van der Waals surface area contributed by atoms with Gasteiger partial charge in [0, 0.05) is 25.7 Å². The molecule has 82 heavy (non-hydrogen) atoms. The highest BCUT2D eigenvalue weighted by Crippen LogP contribution is 2.45. The number of unbranched alkanes of at least 4 members (excludes halogenated alkanes) is 32. The number of hydrogen-bond acceptors (Lipinski definition) is 15. The van der Waals surface area contributed by atoms with E-state index in [-0.39, 0.29) is 25.7 Å². The van der Waals surface area contributed by atoms with Crippen LogP contribution in [0.5, 0.6) is 0 Å². The lowest BCUT2D eigenvalue weighted by molar-refractivity contribution is -0.161. The van der Waals surface area contributed by atoms with Gasteiger partial charge in [0.2, 0.25) is 0 Å². The molecule has 0 amide bonds. The molecule has 5 atom stereocenters. The molecule has 486 valence electrons. The molecule has 0 aromatic rings. The van der Waals surface area contributed by atoms with E-state index < -0.39 is 97.5 Å². The summed E-state index contributed by atoms with van der Waals surface area (Å²) in [7, 11) is -9.88. The van der Waals surface area contributed by atoms with Crippen LogP contribution >= 0.6 is 15.6 Å². The molecule has 0 saturated heterocycles. The zero-order chi connectivity index (χ0) is 60.8. The standard InChI is InChI=1S/C63H122O17P2/c1-7-9-11-13-15-17-19-20-22-24-26-35-41-47-62(67)79-58(51-73-60(65)45-39-33-25-23-21-18-16-14-12-10-8-2)53-77-81(69,70)75-49-57(64)50-76-82(71,72)78-54-59(80-63(68)48-42-36-30-28-32-38-44-56(5)6)52-74-61(66)46-40-34-29-27-31-37-43-55(3)4/h55-59,64H,7-54H2,1-6H3,(H,69,70)(H,71,72)/t57-,58-,59-/m1/s1. The monoisotopic (exact) mass is 1210 g/mol. The first kappa shape index (κ1) is 80.1. The molecular weight excluding hydrogens is 1090 g/mol. The Labute approximate surface area is 498 Å². The second-order valence-electron chi connectivity index (χ2n) is 23.7. The summed E-state index contributed by atoms with van der Waals surface area (Å²) in [6.07, 6.45) is 37.8. The van der Waals surface area contributed by atoms with Gasteiger partial charge in [-0.25, -0.2) is 9.13 Å². The Balaban J connectivity index is 5.23. The molecule has 0 aromatic carbocycles. The predicted molar refractivity (Wildman–Crippen MR) is 326 cm³/mol. The lowest BCUT2D eigenvalue weighted by Gasteiger charge is -2.21. The van der Waals surface area contributed by atoms with Crippen LogP contribution in [0.3, 0.4) is 0 Å². The Morgan fingerprint density at radius 1 is 0.329 bits per heavy atom. The Morgan fingerprint density at radius 2 is 0.561 bits per heavy atom. The van der Waals surface area contributed by atoms with Gasteiger partial charge in [-0.1, -0.05) is 260 Å². The molecule has 0 aliphatic heterocycles. The van der Waals surface area contributed by atoms with Crippen LogP contribution in [0.15, 0.2) is 0 Å². The number of aliphatic hydroxyl groups is 1. The molecule has 0 heterocycles. The van der Waals surface area contributed by atoms with Gasteiger partial charge in [0.05, 0.1) is 26.4 Å². The second kappa shape index (κ2) is 55.6. The average molecular weight is 1210 g/mol. The normalized spacial score (nSPS) is 14.3. The lowest BCUT2D eigenvalue weighted by atomic mass is 10.0. The van der Waals surface area contributed by atoms with Crippen LogP contribution < -0.4 is 0 Å². The molecule has 0 aliphatic rings. The summed E-state index contributed by atoms with van der Waals surface area (Å²) < 4.78 is 67.9. The molecule has 0 aliphatic carbocycles. The van der Waals surface area contributed by atoms with E-state index in [4.69, 9.17) is 37.0 Å². The largest absolute Gasteiger partial charge is 0.472 e. The van der Waals surface area contributed by atoms with Crippen LogP contribution in [0.25, 0.3) is 0 Å². The summed E-state index contributed by atoms with van der Waals surface area (Å²) in [6, 6.07) is 0. The van der Waals surface area contributed by atoms with Crippen LogP contribution in [-0.2, 0) is 65.4 Å². The van der Waals surface area contributed by atoms with Crippen LogP contribution in [0.4, 0.5) is 0 Å². The van der Waals surface area contributed by atoms with Crippen molar-refractivity contribution in [2.45, 2.75) is 330 Å². The van der Waals surface area contributed by atoms with Gasteiger partial charge in [-0.15, -0.1) is 0 Å². The van der Waals surface area contributed by atoms with Crippen molar-refractivity contribution in [2.75, 3.05) is 39.6 Å². The molecule has 0 rings (SSSR count). The predicted octanol–water partition coefficient (Wildman–Crippen LogP) is 17.3. The molecular formula is C63H122O17P2. The highest BCUT2D eigenvalue weighted by Gasteiger charge is 2.30. The van der Waals surface area contributed by atoms with Crippen LogP contribution in [-0.4, -0.2) is 96.7 Å². The molecule has 19 heteroatoms. The summed E-state index contributed by atoms with van der Waals surface area (Å²) in [6.45, 7) is 9.31. The molecule has 0 radical (unpaired) electrons. The van der Waals surface area contributed by atoms with Gasteiger partial charge in [0.1, 0.15) is 19.3 Å². The van der Waals surface area contributed by atoms with Crippen molar-refractivity contribution in [2.24, 2.45) is 11.8 Å². The third-order valence-corrected chi connectivity index (χ3v) is 16.4. The molecule has 0 bridgehead atoms. The maximum atomic E-state index is 13.0. The first-order valence-electron chi connectivity index (χ1n) is 33.0. The maximum absolute atomic E-state index is 13.0. The Morgan fingerprint density at radius 3 is 0.829 bits per heavy atom. The topological polar surface area (TPSA) is 237 Å². The van der Waals surface area contributed by atoms with Gasteiger partial charge < -0.3 is 33.8 Å². The summed E-state index contributed by atoms with van der Waals surface area (Å²) in [5.41, 5.74) is 0. The molecule has 0 aromatic heterocycles. The summed E-state index contributed by atoms with van der Waals surface area (Å²) in [5, 5.41) is 10.5. The van der Waals surface area contributed by atoms with Crippen molar-refractivity contribution in [3.05, 3.63) is 0 Å². The van der Waals surface area contributed by atoms with Gasteiger partial charge in [-0.2, -0.15) is 0 Å². The summed E-state index contributed by atoms with van der Waals surface area (Å²) in [4.78, 5) is 72.1. The number of esters is 4. The van der Waals surface area contributed by atoms with E-state index in [9.17, 15) is 43.2 Å². The number of aliphatic hydroxyl groups excluding tert-OH is 1. The third-order valence-electron chi connectivity index (χ3n) is 14.5. The number of rotatable bonds is 62. The van der Waals surface area contributed by atoms with E-state index in [0.29, 0.717) is 37.5 Å². The zero-order valence-corrected chi connectivity index (χ0v) is 54.6. The van der Waals surface area contributed by atoms with Crippen LogP contribution in [0.2, 0.25) is 0 Å². The van der Waals surface area contributed by atoms with Gasteiger partial charge >= 0.3 is 39.5 Å².